The summed E-state index contributed by atoms with van der Waals surface area (Å²) in [5.41, 5.74) is 0.361. The second-order valence-electron chi connectivity index (χ2n) is 5.38. The molecule has 0 bridgehead atoms. The summed E-state index contributed by atoms with van der Waals surface area (Å²) >= 11 is 0. The van der Waals surface area contributed by atoms with Crippen LogP contribution in [0.2, 0.25) is 0 Å². The van der Waals surface area contributed by atoms with Gasteiger partial charge in [-0.2, -0.15) is 4.98 Å². The van der Waals surface area contributed by atoms with Crippen LogP contribution >= 0.6 is 0 Å². The molecule has 1 aliphatic carbocycles. The van der Waals surface area contributed by atoms with Crippen LogP contribution in [0.25, 0.3) is 0 Å². The lowest BCUT2D eigenvalue weighted by Gasteiger charge is -2.22. The summed E-state index contributed by atoms with van der Waals surface area (Å²) in [6.07, 6.45) is 9.55. The number of aromatic nitrogens is 3. The molecule has 23 heavy (non-hydrogen) atoms. The molecule has 0 spiro atoms. The molecule has 0 aromatic carbocycles. The van der Waals surface area contributed by atoms with Gasteiger partial charge in [0, 0.05) is 6.20 Å². The van der Waals surface area contributed by atoms with E-state index in [1.807, 2.05) is 0 Å². The summed E-state index contributed by atoms with van der Waals surface area (Å²) in [7, 11) is 0. The van der Waals surface area contributed by atoms with Crippen molar-refractivity contribution >= 4 is 17.2 Å². The average molecular weight is 315 g/mol. The smallest absolute Gasteiger partial charge is 0.373 e. The summed E-state index contributed by atoms with van der Waals surface area (Å²) in [5, 5.41) is 14.4. The second kappa shape index (κ2) is 6.99. The highest BCUT2D eigenvalue weighted by Crippen LogP contribution is 2.34. The fourth-order valence-electron chi connectivity index (χ4n) is 2.62. The second-order valence-corrected chi connectivity index (χ2v) is 5.38. The van der Waals surface area contributed by atoms with Crippen LogP contribution in [0.4, 0.5) is 17.2 Å². The molecule has 2 heterocycles. The maximum Gasteiger partial charge on any atom is 0.373 e. The maximum atomic E-state index is 11.5. The van der Waals surface area contributed by atoms with Crippen LogP contribution in [0.5, 0.6) is 5.88 Å². The minimum absolute atomic E-state index is 0.0169. The Morgan fingerprint density at radius 1 is 1.26 bits per heavy atom. The molecule has 0 unspecified atom stereocenters. The van der Waals surface area contributed by atoms with Crippen molar-refractivity contribution in [3.63, 3.8) is 0 Å². The predicted molar refractivity (Wildman–Crippen MR) is 83.7 cm³/mol. The zero-order valence-corrected chi connectivity index (χ0v) is 12.5. The van der Waals surface area contributed by atoms with Crippen molar-refractivity contribution < 1.29 is 9.66 Å². The van der Waals surface area contributed by atoms with E-state index in [2.05, 4.69) is 20.3 Å². The van der Waals surface area contributed by atoms with E-state index in [4.69, 9.17) is 4.74 Å². The molecule has 1 N–H and O–H groups in total. The number of nitrogens with zero attached hydrogens (tertiary/aromatic N) is 4. The Morgan fingerprint density at radius 3 is 2.78 bits per heavy atom. The average Bonchev–Trinajstić information content (AvgIpc) is 2.56. The lowest BCUT2D eigenvalue weighted by molar-refractivity contribution is -0.385. The van der Waals surface area contributed by atoms with E-state index in [1.54, 1.807) is 24.5 Å². The lowest BCUT2D eigenvalue weighted by Crippen LogP contribution is -2.21. The molecule has 8 heteroatoms. The zero-order valence-electron chi connectivity index (χ0n) is 12.5. The van der Waals surface area contributed by atoms with Crippen LogP contribution in [0.3, 0.4) is 0 Å². The number of hydrogen-bond donors (Lipinski definition) is 1. The van der Waals surface area contributed by atoms with Gasteiger partial charge in [0.15, 0.2) is 0 Å². The van der Waals surface area contributed by atoms with E-state index in [0.717, 1.165) is 25.7 Å². The standard InChI is InChI=1S/C15H17N5O3/c21-20(22)13-14(19-11-5-4-8-16-9-11)17-10-18-15(13)23-12-6-2-1-3-7-12/h4-5,8-10,12H,1-3,6-7H2,(H,17,18,19). The van der Waals surface area contributed by atoms with Crippen LogP contribution in [0, 0.1) is 10.1 Å². The van der Waals surface area contributed by atoms with Crippen molar-refractivity contribution in [2.75, 3.05) is 5.32 Å². The van der Waals surface area contributed by atoms with Crippen LogP contribution in [0.15, 0.2) is 30.9 Å². The van der Waals surface area contributed by atoms with Crippen molar-refractivity contribution in [2.45, 2.75) is 38.2 Å². The molecule has 0 saturated heterocycles. The van der Waals surface area contributed by atoms with Gasteiger partial charge in [0.2, 0.25) is 5.82 Å². The molecule has 0 radical (unpaired) electrons. The molecule has 1 fully saturated rings. The van der Waals surface area contributed by atoms with Crippen LogP contribution < -0.4 is 10.1 Å². The summed E-state index contributed by atoms with van der Waals surface area (Å²) in [6, 6.07) is 3.48. The summed E-state index contributed by atoms with van der Waals surface area (Å²) in [5.74, 6) is 0.118. The zero-order chi connectivity index (χ0) is 16.1. The van der Waals surface area contributed by atoms with E-state index < -0.39 is 4.92 Å². The van der Waals surface area contributed by atoms with E-state index in [0.29, 0.717) is 5.69 Å². The first-order chi connectivity index (χ1) is 11.2. The Kier molecular flexibility index (Phi) is 4.60. The number of hydrogen-bond acceptors (Lipinski definition) is 7. The van der Waals surface area contributed by atoms with Crippen LogP contribution in [0.1, 0.15) is 32.1 Å². The number of rotatable bonds is 5. The van der Waals surface area contributed by atoms with Crippen molar-refractivity contribution in [3.05, 3.63) is 41.0 Å². The first kappa shape index (κ1) is 15.1. The Bertz CT molecular complexity index is 674. The number of pyridine rings is 1. The number of nitrogens with one attached hydrogen (secondary N) is 1. The van der Waals surface area contributed by atoms with Crippen LogP contribution in [-0.4, -0.2) is 26.0 Å². The molecule has 0 amide bonds. The number of ether oxygens (including phenoxy) is 1. The first-order valence-electron chi connectivity index (χ1n) is 7.57. The summed E-state index contributed by atoms with van der Waals surface area (Å²) in [4.78, 5) is 22.9. The van der Waals surface area contributed by atoms with Crippen molar-refractivity contribution in [2.24, 2.45) is 0 Å². The highest BCUT2D eigenvalue weighted by molar-refractivity contribution is 5.67. The molecule has 1 saturated carbocycles. The van der Waals surface area contributed by atoms with Gasteiger partial charge in [-0.3, -0.25) is 15.1 Å². The third-order valence-corrected chi connectivity index (χ3v) is 3.73. The molecular formula is C15H17N5O3. The quantitative estimate of drug-likeness (QED) is 0.667. The lowest BCUT2D eigenvalue weighted by atomic mass is 9.98. The molecule has 1 aliphatic rings. The fourth-order valence-corrected chi connectivity index (χ4v) is 2.62. The van der Waals surface area contributed by atoms with E-state index >= 15 is 0 Å². The summed E-state index contributed by atoms with van der Waals surface area (Å²) in [6.45, 7) is 0. The van der Waals surface area contributed by atoms with Crippen molar-refractivity contribution in [1.82, 2.24) is 15.0 Å². The molecule has 8 nitrogen and oxygen atoms in total. The topological polar surface area (TPSA) is 103 Å². The monoisotopic (exact) mass is 315 g/mol. The molecular weight excluding hydrogens is 298 g/mol. The Labute approximate surface area is 133 Å². The van der Waals surface area contributed by atoms with E-state index in [-0.39, 0.29) is 23.5 Å². The molecule has 2 aromatic heterocycles. The SMILES string of the molecule is O=[N+]([O-])c1c(Nc2cccnc2)ncnc1OC1CCCCC1. The third-order valence-electron chi connectivity index (χ3n) is 3.73. The van der Waals surface area contributed by atoms with Crippen molar-refractivity contribution in [3.8, 4) is 5.88 Å². The van der Waals surface area contributed by atoms with Gasteiger partial charge in [-0.15, -0.1) is 0 Å². The number of nitro groups is 1. The Balaban J connectivity index is 1.87. The Hall–Kier alpha value is -2.77. The molecule has 0 atom stereocenters. The largest absolute Gasteiger partial charge is 0.469 e. The van der Waals surface area contributed by atoms with Gasteiger partial charge in [0.1, 0.15) is 12.4 Å². The van der Waals surface area contributed by atoms with E-state index in [1.165, 1.54) is 12.7 Å². The van der Waals surface area contributed by atoms with Gasteiger partial charge in [-0.1, -0.05) is 6.42 Å². The molecule has 120 valence electrons. The van der Waals surface area contributed by atoms with Gasteiger partial charge in [-0.05, 0) is 37.8 Å². The highest BCUT2D eigenvalue weighted by atomic mass is 16.6. The maximum absolute atomic E-state index is 11.5. The number of anilines is 2. The van der Waals surface area contributed by atoms with Crippen LogP contribution in [-0.2, 0) is 0 Å². The first-order valence-corrected chi connectivity index (χ1v) is 7.57. The van der Waals surface area contributed by atoms with Gasteiger partial charge in [0.25, 0.3) is 5.88 Å². The van der Waals surface area contributed by atoms with Gasteiger partial charge in [-0.25, -0.2) is 4.98 Å². The highest BCUT2D eigenvalue weighted by Gasteiger charge is 2.27. The van der Waals surface area contributed by atoms with Gasteiger partial charge >= 0.3 is 5.69 Å². The third kappa shape index (κ3) is 3.71. The fraction of sp³-hybridized carbons (Fsp3) is 0.400. The minimum Gasteiger partial charge on any atom is -0.469 e. The van der Waals surface area contributed by atoms with E-state index in [9.17, 15) is 10.1 Å². The summed E-state index contributed by atoms with van der Waals surface area (Å²) < 4.78 is 5.78. The molecule has 3 rings (SSSR count). The van der Waals surface area contributed by atoms with Gasteiger partial charge in [0.05, 0.1) is 16.8 Å². The van der Waals surface area contributed by atoms with Gasteiger partial charge < -0.3 is 10.1 Å². The predicted octanol–water partition coefficient (Wildman–Crippen LogP) is 3.23. The molecule has 0 aliphatic heterocycles. The molecule has 2 aromatic rings. The normalized spacial score (nSPS) is 15.1. The minimum atomic E-state index is -0.517. The van der Waals surface area contributed by atoms with Crippen molar-refractivity contribution in [1.29, 1.82) is 0 Å². The Morgan fingerprint density at radius 2 is 2.09 bits per heavy atom.